The number of imidazole rings is 1. The van der Waals surface area contributed by atoms with Gasteiger partial charge in [-0.3, -0.25) is 9.63 Å². The molecule has 1 atom stereocenters. The zero-order chi connectivity index (χ0) is 18.8. The van der Waals surface area contributed by atoms with Gasteiger partial charge in [0.1, 0.15) is 5.82 Å². The van der Waals surface area contributed by atoms with Crippen LogP contribution in [0.25, 0.3) is 5.65 Å². The molecule has 140 valence electrons. The van der Waals surface area contributed by atoms with E-state index in [-0.39, 0.29) is 5.91 Å². The number of benzene rings is 1. The van der Waals surface area contributed by atoms with Crippen molar-refractivity contribution in [3.63, 3.8) is 0 Å². The highest BCUT2D eigenvalue weighted by atomic mass is 16.6. The van der Waals surface area contributed by atoms with Crippen LogP contribution in [-0.2, 0) is 4.84 Å². The van der Waals surface area contributed by atoms with Crippen molar-refractivity contribution < 1.29 is 9.63 Å². The molecule has 7 nitrogen and oxygen atoms in total. The first-order chi connectivity index (χ1) is 13.2. The van der Waals surface area contributed by atoms with Crippen LogP contribution in [0.4, 0.5) is 5.82 Å². The number of amides is 1. The average Bonchev–Trinajstić information content (AvgIpc) is 3.32. The normalized spacial score (nSPS) is 16.8. The van der Waals surface area contributed by atoms with Crippen molar-refractivity contribution in [1.82, 2.24) is 20.1 Å². The van der Waals surface area contributed by atoms with Gasteiger partial charge in [-0.15, -0.1) is 5.10 Å². The number of hydrogen-bond donors (Lipinski definition) is 1. The molecule has 4 rings (SSSR count). The zero-order valence-electron chi connectivity index (χ0n) is 15.6. The highest BCUT2D eigenvalue weighted by Crippen LogP contribution is 2.35. The third-order valence-corrected chi connectivity index (χ3v) is 4.86. The standard InChI is InChI=1S/C20H23N5O2/c1-3-27-23-20(26)17-13-21-18-9-10-19(22-25(17)18)24-11-5-8-16(24)15-7-4-6-14(2)12-15/h4,6-7,9-10,12-13,16H,3,5,8,11H2,1-2H3,(H,23,26). The van der Waals surface area contributed by atoms with Crippen LogP contribution in [0.2, 0.25) is 0 Å². The Morgan fingerprint density at radius 3 is 3.04 bits per heavy atom. The summed E-state index contributed by atoms with van der Waals surface area (Å²) in [4.78, 5) is 23.9. The molecule has 0 bridgehead atoms. The van der Waals surface area contributed by atoms with Gasteiger partial charge >= 0.3 is 0 Å². The third-order valence-electron chi connectivity index (χ3n) is 4.86. The maximum absolute atomic E-state index is 12.3. The maximum atomic E-state index is 12.3. The number of nitrogens with one attached hydrogen (secondary N) is 1. The van der Waals surface area contributed by atoms with Crippen molar-refractivity contribution in [3.05, 3.63) is 59.4 Å². The average molecular weight is 365 g/mol. The number of rotatable bonds is 5. The Bertz CT molecular complexity index is 968. The molecule has 1 amide bonds. The van der Waals surface area contributed by atoms with Crippen LogP contribution < -0.4 is 10.4 Å². The molecular weight excluding hydrogens is 342 g/mol. The Morgan fingerprint density at radius 2 is 2.22 bits per heavy atom. The van der Waals surface area contributed by atoms with Crippen LogP contribution >= 0.6 is 0 Å². The van der Waals surface area contributed by atoms with Gasteiger partial charge in [0.2, 0.25) is 0 Å². The molecule has 1 aromatic carbocycles. The van der Waals surface area contributed by atoms with Gasteiger partial charge in [0.25, 0.3) is 5.91 Å². The number of aryl methyl sites for hydroxylation is 1. The fourth-order valence-electron chi connectivity index (χ4n) is 3.63. The minimum Gasteiger partial charge on any atom is -0.348 e. The van der Waals surface area contributed by atoms with Crippen LogP contribution in [0, 0.1) is 6.92 Å². The summed E-state index contributed by atoms with van der Waals surface area (Å²) < 4.78 is 1.58. The minimum absolute atomic E-state index is 0.291. The van der Waals surface area contributed by atoms with Crippen LogP contribution in [0.5, 0.6) is 0 Å². The lowest BCUT2D eigenvalue weighted by Gasteiger charge is -2.26. The van der Waals surface area contributed by atoms with E-state index >= 15 is 0 Å². The molecule has 3 heterocycles. The number of aromatic nitrogens is 3. The van der Waals surface area contributed by atoms with Crippen LogP contribution in [0.15, 0.2) is 42.6 Å². The van der Waals surface area contributed by atoms with Crippen molar-refractivity contribution >= 4 is 17.4 Å². The molecule has 1 aliphatic rings. The first-order valence-corrected chi connectivity index (χ1v) is 9.27. The van der Waals surface area contributed by atoms with Crippen molar-refractivity contribution in [2.75, 3.05) is 18.1 Å². The fraction of sp³-hybridized carbons (Fsp3) is 0.350. The predicted octanol–water partition coefficient (Wildman–Crippen LogP) is 3.06. The minimum atomic E-state index is -0.356. The number of nitrogens with zero attached hydrogens (tertiary/aromatic N) is 4. The molecule has 0 aliphatic carbocycles. The van der Waals surface area contributed by atoms with Gasteiger partial charge in [0.05, 0.1) is 18.8 Å². The summed E-state index contributed by atoms with van der Waals surface area (Å²) in [6.45, 7) is 5.26. The molecule has 1 aliphatic heterocycles. The highest BCUT2D eigenvalue weighted by molar-refractivity contribution is 5.92. The largest absolute Gasteiger partial charge is 0.348 e. The number of carbonyl (C=O) groups is 1. The van der Waals surface area contributed by atoms with Crippen molar-refractivity contribution in [2.45, 2.75) is 32.7 Å². The zero-order valence-corrected chi connectivity index (χ0v) is 15.6. The molecule has 7 heteroatoms. The first-order valence-electron chi connectivity index (χ1n) is 9.27. The summed E-state index contributed by atoms with van der Waals surface area (Å²) in [7, 11) is 0. The Hall–Kier alpha value is -2.93. The Labute approximate surface area is 157 Å². The second-order valence-corrected chi connectivity index (χ2v) is 6.73. The summed E-state index contributed by atoms with van der Waals surface area (Å²) in [6.07, 6.45) is 3.72. The van der Waals surface area contributed by atoms with Gasteiger partial charge in [0.15, 0.2) is 11.3 Å². The molecule has 1 fully saturated rings. The van der Waals surface area contributed by atoms with E-state index in [1.807, 2.05) is 19.1 Å². The van der Waals surface area contributed by atoms with Crippen molar-refractivity contribution in [3.8, 4) is 0 Å². The second-order valence-electron chi connectivity index (χ2n) is 6.73. The van der Waals surface area contributed by atoms with E-state index in [1.54, 1.807) is 4.52 Å². The SMILES string of the molecule is CCONC(=O)c1cnc2ccc(N3CCCC3c3cccc(C)c3)nn12. The van der Waals surface area contributed by atoms with Gasteiger partial charge < -0.3 is 4.90 Å². The molecule has 1 N–H and O–H groups in total. The summed E-state index contributed by atoms with van der Waals surface area (Å²) in [5.74, 6) is 0.487. The molecule has 0 spiro atoms. The van der Waals surface area contributed by atoms with Gasteiger partial charge in [0, 0.05) is 6.54 Å². The predicted molar refractivity (Wildman–Crippen MR) is 103 cm³/mol. The summed E-state index contributed by atoms with van der Waals surface area (Å²) in [5.41, 5.74) is 5.94. The van der Waals surface area contributed by atoms with E-state index in [1.165, 1.54) is 17.3 Å². The number of anilines is 1. The van der Waals surface area contributed by atoms with Gasteiger partial charge in [-0.1, -0.05) is 29.8 Å². The van der Waals surface area contributed by atoms with E-state index in [0.717, 1.165) is 25.2 Å². The van der Waals surface area contributed by atoms with Crippen LogP contribution in [-0.4, -0.2) is 33.7 Å². The summed E-state index contributed by atoms with van der Waals surface area (Å²) >= 11 is 0. The van der Waals surface area contributed by atoms with E-state index in [2.05, 4.69) is 46.6 Å². The van der Waals surface area contributed by atoms with E-state index < -0.39 is 0 Å². The van der Waals surface area contributed by atoms with E-state index in [4.69, 9.17) is 9.94 Å². The Morgan fingerprint density at radius 1 is 1.33 bits per heavy atom. The van der Waals surface area contributed by atoms with E-state index in [0.29, 0.717) is 24.0 Å². The number of carbonyl (C=O) groups excluding carboxylic acids is 1. The molecule has 1 unspecified atom stereocenters. The van der Waals surface area contributed by atoms with Crippen LogP contribution in [0.1, 0.15) is 47.4 Å². The second kappa shape index (κ2) is 7.36. The van der Waals surface area contributed by atoms with Crippen molar-refractivity contribution in [2.24, 2.45) is 0 Å². The highest BCUT2D eigenvalue weighted by Gasteiger charge is 2.28. The topological polar surface area (TPSA) is 71.8 Å². The van der Waals surface area contributed by atoms with Gasteiger partial charge in [-0.25, -0.2) is 15.0 Å². The molecule has 27 heavy (non-hydrogen) atoms. The molecule has 1 saturated heterocycles. The third kappa shape index (κ3) is 3.38. The monoisotopic (exact) mass is 365 g/mol. The van der Waals surface area contributed by atoms with Crippen molar-refractivity contribution in [1.29, 1.82) is 0 Å². The summed E-state index contributed by atoms with van der Waals surface area (Å²) in [5, 5.41) is 4.71. The lowest BCUT2D eigenvalue weighted by molar-refractivity contribution is 0.0358. The van der Waals surface area contributed by atoms with Crippen LogP contribution in [0.3, 0.4) is 0 Å². The first kappa shape index (κ1) is 17.5. The fourth-order valence-corrected chi connectivity index (χ4v) is 3.63. The molecule has 0 radical (unpaired) electrons. The number of hydrogen-bond acceptors (Lipinski definition) is 5. The van der Waals surface area contributed by atoms with Gasteiger partial charge in [-0.2, -0.15) is 0 Å². The molecule has 0 saturated carbocycles. The molecular formula is C20H23N5O2. The smallest absolute Gasteiger partial charge is 0.295 e. The van der Waals surface area contributed by atoms with Gasteiger partial charge in [-0.05, 0) is 44.4 Å². The molecule has 2 aromatic heterocycles. The number of fused-ring (bicyclic) bond motifs is 1. The van der Waals surface area contributed by atoms with E-state index in [9.17, 15) is 4.79 Å². The molecule has 3 aromatic rings. The summed E-state index contributed by atoms with van der Waals surface area (Å²) in [6, 6.07) is 12.8. The lowest BCUT2D eigenvalue weighted by Crippen LogP contribution is -2.27. The lowest BCUT2D eigenvalue weighted by atomic mass is 10.0. The maximum Gasteiger partial charge on any atom is 0.295 e. The number of hydroxylamine groups is 1. The quantitative estimate of drug-likeness (QED) is 0.704. The Kier molecular flexibility index (Phi) is 4.77. The Balaban J connectivity index is 1.67.